The van der Waals surface area contributed by atoms with E-state index >= 15 is 0 Å². The first kappa shape index (κ1) is 8.07. The van der Waals surface area contributed by atoms with Gasteiger partial charge in [-0.3, -0.25) is 0 Å². The van der Waals surface area contributed by atoms with Crippen molar-refractivity contribution in [1.29, 1.82) is 0 Å². The summed E-state index contributed by atoms with van der Waals surface area (Å²) in [5.41, 5.74) is 17.3. The zero-order valence-corrected chi connectivity index (χ0v) is 5.86. The van der Waals surface area contributed by atoms with Crippen molar-refractivity contribution in [3.63, 3.8) is 0 Å². The van der Waals surface area contributed by atoms with Gasteiger partial charge in [0.05, 0.1) is 0 Å². The van der Waals surface area contributed by atoms with Crippen molar-refractivity contribution in [1.82, 2.24) is 5.43 Å². The van der Waals surface area contributed by atoms with Crippen LogP contribution in [0.5, 0.6) is 0 Å². The number of nitrogens with two attached hydrogens (primary N) is 3. The second kappa shape index (κ2) is 4.00. The fourth-order valence-corrected chi connectivity index (χ4v) is 0.208. The van der Waals surface area contributed by atoms with Crippen molar-refractivity contribution in [3.05, 3.63) is 0 Å². The van der Waals surface area contributed by atoms with Gasteiger partial charge >= 0.3 is 16.5 Å². The molecule has 7 N–H and O–H groups in total. The summed E-state index contributed by atoms with van der Waals surface area (Å²) in [5.74, 6) is 0.0417. The lowest BCUT2D eigenvalue weighted by Gasteiger charge is -1.96. The van der Waals surface area contributed by atoms with Gasteiger partial charge in [0.2, 0.25) is 5.96 Å². The molecule has 48 valence electrons. The number of hydrogen-bond acceptors (Lipinski definition) is 2. The summed E-state index contributed by atoms with van der Waals surface area (Å²) in [7, 11) is 0. The van der Waals surface area contributed by atoms with E-state index in [1.807, 2.05) is 16.5 Å². The predicted molar refractivity (Wildman–Crippen MR) is 36.3 cm³/mol. The molecule has 0 aromatic rings. The summed E-state index contributed by atoms with van der Waals surface area (Å²) < 4.78 is 3.44. The van der Waals surface area contributed by atoms with Crippen LogP contribution < -0.4 is 22.6 Å². The maximum atomic E-state index is 5.12. The SMILES string of the molecule is NC(N)=NNC(N)=[N][Al]. The number of hydrogen-bond donors (Lipinski definition) is 4. The molecule has 0 atom stereocenters. The summed E-state index contributed by atoms with van der Waals surface area (Å²) in [6.45, 7) is 0. The van der Waals surface area contributed by atoms with Gasteiger partial charge in [-0.25, -0.2) is 5.43 Å². The van der Waals surface area contributed by atoms with Crippen LogP contribution in [-0.2, 0) is 0 Å². The third-order valence-corrected chi connectivity index (χ3v) is 0.717. The van der Waals surface area contributed by atoms with E-state index in [2.05, 4.69) is 14.5 Å². The lowest BCUT2D eigenvalue weighted by Crippen LogP contribution is -2.33. The molecular weight excluding hydrogens is 135 g/mol. The van der Waals surface area contributed by atoms with Crippen molar-refractivity contribution in [2.45, 2.75) is 0 Å². The van der Waals surface area contributed by atoms with E-state index in [4.69, 9.17) is 17.2 Å². The Bertz CT molecular complexity index is 134. The first-order chi connectivity index (χ1) is 4.16. The van der Waals surface area contributed by atoms with Crippen molar-refractivity contribution < 1.29 is 0 Å². The highest BCUT2D eigenvalue weighted by Crippen LogP contribution is 1.56. The molecule has 0 aromatic carbocycles. The Kier molecular flexibility index (Phi) is 3.59. The molecule has 0 aromatic heterocycles. The number of rotatable bonds is 1. The molecule has 7 heteroatoms. The van der Waals surface area contributed by atoms with Gasteiger partial charge in [0.25, 0.3) is 0 Å². The quantitative estimate of drug-likeness (QED) is 0.137. The van der Waals surface area contributed by atoms with E-state index in [1.165, 1.54) is 0 Å². The molecule has 6 nitrogen and oxygen atoms in total. The van der Waals surface area contributed by atoms with E-state index in [0.717, 1.165) is 0 Å². The average Bonchev–Trinajstić information content (AvgIpc) is 1.83. The van der Waals surface area contributed by atoms with Crippen LogP contribution >= 0.6 is 0 Å². The Hall–Kier alpha value is -0.928. The van der Waals surface area contributed by atoms with Crippen LogP contribution in [0.2, 0.25) is 0 Å². The second-order valence-electron chi connectivity index (χ2n) is 1.16. The normalized spacial score (nSPS) is 10.4. The van der Waals surface area contributed by atoms with Gasteiger partial charge in [-0.2, -0.15) is 0 Å². The molecule has 0 saturated heterocycles. The third-order valence-electron chi connectivity index (χ3n) is 0.439. The van der Waals surface area contributed by atoms with Crippen molar-refractivity contribution in [2.75, 3.05) is 0 Å². The topological polar surface area (TPSA) is 115 Å². The summed E-state index contributed by atoms with van der Waals surface area (Å²) in [4.78, 5) is 0. The minimum absolute atomic E-state index is 0.0911. The minimum atomic E-state index is -0.0911. The Labute approximate surface area is 60.8 Å². The van der Waals surface area contributed by atoms with Crippen molar-refractivity contribution >= 4 is 28.4 Å². The van der Waals surface area contributed by atoms with Crippen LogP contribution in [0.1, 0.15) is 0 Å². The molecule has 0 bridgehead atoms. The molecule has 0 fully saturated rings. The Balaban J connectivity index is 3.64. The van der Waals surface area contributed by atoms with Crippen LogP contribution in [0.15, 0.2) is 9.08 Å². The fourth-order valence-electron chi connectivity index (χ4n) is 0.151. The molecule has 0 amide bonds. The van der Waals surface area contributed by atoms with Gasteiger partial charge in [-0.05, 0) is 0 Å². The first-order valence-electron chi connectivity index (χ1n) is 2.05. The third kappa shape index (κ3) is 4.93. The van der Waals surface area contributed by atoms with E-state index < -0.39 is 0 Å². The van der Waals surface area contributed by atoms with Crippen LogP contribution in [0.3, 0.4) is 0 Å². The highest BCUT2D eigenvalue weighted by molar-refractivity contribution is 6.11. The highest BCUT2D eigenvalue weighted by Gasteiger charge is 1.81. The van der Waals surface area contributed by atoms with Gasteiger partial charge in [0.15, 0.2) is 5.96 Å². The predicted octanol–water partition coefficient (Wildman–Crippen LogP) is -2.84. The fraction of sp³-hybridized carbons (Fsp3) is 0. The summed E-state index contributed by atoms with van der Waals surface area (Å²) in [6.07, 6.45) is 0. The van der Waals surface area contributed by atoms with E-state index in [-0.39, 0.29) is 11.9 Å². The zero-order chi connectivity index (χ0) is 7.28. The monoisotopic (exact) mass is 142 g/mol. The van der Waals surface area contributed by atoms with Crippen LogP contribution in [-0.4, -0.2) is 28.4 Å². The van der Waals surface area contributed by atoms with Crippen LogP contribution in [0, 0.1) is 0 Å². The van der Waals surface area contributed by atoms with Gasteiger partial charge < -0.3 is 21.2 Å². The molecule has 0 rings (SSSR count). The standard InChI is InChI=1S/C2H7N6.Al/c3-1(4)7-8-2(5)6;/h(H7-,3,4,5,6,7,8);/q-1;+1. The molecule has 0 aliphatic carbocycles. The lowest BCUT2D eigenvalue weighted by atomic mass is 11.0. The molecule has 0 spiro atoms. The highest BCUT2D eigenvalue weighted by atomic mass is 27.1. The van der Waals surface area contributed by atoms with Crippen molar-refractivity contribution in [3.8, 4) is 0 Å². The minimum Gasteiger partial charge on any atom is -0.398 e. The van der Waals surface area contributed by atoms with Crippen molar-refractivity contribution in [2.24, 2.45) is 26.3 Å². The number of hydrazone groups is 1. The van der Waals surface area contributed by atoms with Crippen LogP contribution in [0.25, 0.3) is 0 Å². The number of nitrogens with zero attached hydrogens (tertiary/aromatic N) is 2. The largest absolute Gasteiger partial charge is 0.398 e. The molecule has 0 saturated carbocycles. The van der Waals surface area contributed by atoms with Gasteiger partial charge in [-0.15, -0.1) is 5.10 Å². The van der Waals surface area contributed by atoms with E-state index in [0.29, 0.717) is 0 Å². The molecular formula is C2H7AlN6. The smallest absolute Gasteiger partial charge is 0.351 e. The number of nitrogens with one attached hydrogen (secondary N) is 1. The van der Waals surface area contributed by atoms with E-state index in [1.54, 1.807) is 0 Å². The van der Waals surface area contributed by atoms with Gasteiger partial charge in [0, 0.05) is 0 Å². The first-order valence-corrected chi connectivity index (χ1v) is 2.56. The molecule has 0 aliphatic rings. The maximum Gasteiger partial charge on any atom is 0.351 e. The van der Waals surface area contributed by atoms with Crippen LogP contribution in [0.4, 0.5) is 0 Å². The summed E-state index contributed by atoms with van der Waals surface area (Å²) in [5, 5.41) is 3.35. The molecule has 0 aliphatic heterocycles. The number of guanidine groups is 2. The summed E-state index contributed by atoms with van der Waals surface area (Å²) in [6, 6.07) is 0. The average molecular weight is 142 g/mol. The summed E-state index contributed by atoms with van der Waals surface area (Å²) >= 11 is 2.05. The zero-order valence-electron chi connectivity index (χ0n) is 4.70. The Morgan fingerprint density at radius 3 is 2.22 bits per heavy atom. The molecule has 2 radical (unpaired) electrons. The van der Waals surface area contributed by atoms with Gasteiger partial charge in [-0.1, -0.05) is 0 Å². The maximum absolute atomic E-state index is 5.12. The molecule has 0 heterocycles. The molecule has 0 unspecified atom stereocenters. The Morgan fingerprint density at radius 1 is 1.33 bits per heavy atom. The van der Waals surface area contributed by atoms with E-state index in [9.17, 15) is 0 Å². The second-order valence-corrected chi connectivity index (χ2v) is 1.42. The van der Waals surface area contributed by atoms with Gasteiger partial charge in [0.1, 0.15) is 0 Å². The molecule has 9 heavy (non-hydrogen) atoms. The lowest BCUT2D eigenvalue weighted by molar-refractivity contribution is 1.000. The Morgan fingerprint density at radius 2 is 1.89 bits per heavy atom.